The lowest BCUT2D eigenvalue weighted by Gasteiger charge is -2.08. The van der Waals surface area contributed by atoms with Gasteiger partial charge in [0.15, 0.2) is 0 Å². The molecule has 0 aliphatic heterocycles. The number of aryl methyl sites for hydroxylation is 1. The maximum Gasteiger partial charge on any atom is 0.295 e. The second kappa shape index (κ2) is 4.72. The molecule has 0 atom stereocenters. The lowest BCUT2D eigenvalue weighted by atomic mass is 10.1. The third kappa shape index (κ3) is 2.38. The number of aromatic nitrogens is 2. The zero-order chi connectivity index (χ0) is 16.1. The first-order valence-electron chi connectivity index (χ1n) is 6.29. The van der Waals surface area contributed by atoms with Crippen molar-refractivity contribution < 1.29 is 18.1 Å². The molecule has 2 aromatic carbocycles. The van der Waals surface area contributed by atoms with Crippen LogP contribution in [-0.2, 0) is 10.1 Å². The molecule has 8 heteroatoms. The van der Waals surface area contributed by atoms with Crippen molar-refractivity contribution in [1.29, 1.82) is 0 Å². The Morgan fingerprint density at radius 3 is 2.45 bits per heavy atom. The average molecular weight is 320 g/mol. The summed E-state index contributed by atoms with van der Waals surface area (Å²) in [6.45, 7) is 1.72. The molecule has 0 bridgehead atoms. The van der Waals surface area contributed by atoms with Gasteiger partial charge >= 0.3 is 0 Å². The van der Waals surface area contributed by atoms with Gasteiger partial charge in [0.25, 0.3) is 15.7 Å². The van der Waals surface area contributed by atoms with E-state index in [0.29, 0.717) is 16.8 Å². The normalized spacial score (nSPS) is 11.9. The fourth-order valence-electron chi connectivity index (χ4n) is 2.35. The first-order valence-corrected chi connectivity index (χ1v) is 7.73. The van der Waals surface area contributed by atoms with Crippen LogP contribution in [0.4, 0.5) is 0 Å². The highest BCUT2D eigenvalue weighted by Crippen LogP contribution is 2.29. The minimum atomic E-state index is -4.51. The number of nitrogens with zero attached hydrogens (tertiary/aromatic N) is 1. The first-order chi connectivity index (χ1) is 10.3. The van der Waals surface area contributed by atoms with Crippen LogP contribution in [-0.4, -0.2) is 27.9 Å². The SMILES string of the molecule is Cc1cc(=O)n(-c2ccc3cc(O)cc(S(=O)(=O)O)c3c2)[nH]1. The maximum atomic E-state index is 11.8. The van der Waals surface area contributed by atoms with Crippen LogP contribution in [0.2, 0.25) is 0 Å². The minimum Gasteiger partial charge on any atom is -0.508 e. The van der Waals surface area contributed by atoms with Gasteiger partial charge in [-0.05, 0) is 30.5 Å². The fourth-order valence-corrected chi connectivity index (χ4v) is 3.08. The molecule has 1 heterocycles. The van der Waals surface area contributed by atoms with E-state index < -0.39 is 15.0 Å². The molecule has 114 valence electrons. The second-order valence-electron chi connectivity index (χ2n) is 4.94. The number of aromatic hydroxyl groups is 1. The Kier molecular flexibility index (Phi) is 3.08. The van der Waals surface area contributed by atoms with E-state index in [1.807, 2.05) is 0 Å². The number of fused-ring (bicyclic) bond motifs is 1. The standard InChI is InChI=1S/C14H12N2O5S/c1-8-4-14(18)16(15-8)10-3-2-9-5-11(17)7-13(12(9)6-10)22(19,20)21/h2-7,15,17H,1H3,(H,19,20,21). The predicted molar refractivity (Wildman–Crippen MR) is 80.1 cm³/mol. The van der Waals surface area contributed by atoms with E-state index in [4.69, 9.17) is 0 Å². The van der Waals surface area contributed by atoms with Crippen molar-refractivity contribution in [2.45, 2.75) is 11.8 Å². The molecule has 1 aromatic heterocycles. The predicted octanol–water partition coefficient (Wildman–Crippen LogP) is 1.58. The summed E-state index contributed by atoms with van der Waals surface area (Å²) in [5, 5.41) is 13.0. The Morgan fingerprint density at radius 1 is 1.14 bits per heavy atom. The van der Waals surface area contributed by atoms with Crippen LogP contribution in [0.25, 0.3) is 16.5 Å². The molecule has 3 rings (SSSR count). The number of hydrogen-bond donors (Lipinski definition) is 3. The molecule has 0 aliphatic rings. The summed E-state index contributed by atoms with van der Waals surface area (Å²) in [5.41, 5.74) is 0.788. The van der Waals surface area contributed by atoms with Crippen molar-refractivity contribution in [3.05, 3.63) is 52.4 Å². The molecule has 0 radical (unpaired) electrons. The van der Waals surface area contributed by atoms with Gasteiger partial charge < -0.3 is 5.11 Å². The van der Waals surface area contributed by atoms with Crippen LogP contribution in [0.5, 0.6) is 5.75 Å². The summed E-state index contributed by atoms with van der Waals surface area (Å²) >= 11 is 0. The van der Waals surface area contributed by atoms with Gasteiger partial charge in [-0.1, -0.05) is 6.07 Å². The van der Waals surface area contributed by atoms with Crippen molar-refractivity contribution in [3.63, 3.8) is 0 Å². The minimum absolute atomic E-state index is 0.206. The fraction of sp³-hybridized carbons (Fsp3) is 0.0714. The highest BCUT2D eigenvalue weighted by atomic mass is 32.2. The number of H-pyrrole nitrogens is 1. The van der Waals surface area contributed by atoms with E-state index in [9.17, 15) is 22.9 Å². The molecule has 0 saturated carbocycles. The topological polar surface area (TPSA) is 112 Å². The lowest BCUT2D eigenvalue weighted by molar-refractivity contribution is 0.468. The summed E-state index contributed by atoms with van der Waals surface area (Å²) in [7, 11) is -4.51. The second-order valence-corrected chi connectivity index (χ2v) is 6.33. The van der Waals surface area contributed by atoms with Crippen LogP contribution in [0.3, 0.4) is 0 Å². The van der Waals surface area contributed by atoms with E-state index in [1.165, 1.54) is 22.9 Å². The molecule has 0 fully saturated rings. The summed E-state index contributed by atoms with van der Waals surface area (Å²) in [6.07, 6.45) is 0. The molecule has 3 aromatic rings. The molecule has 3 N–H and O–H groups in total. The molecule has 0 aliphatic carbocycles. The van der Waals surface area contributed by atoms with Crippen LogP contribution in [0.1, 0.15) is 5.69 Å². The zero-order valence-electron chi connectivity index (χ0n) is 11.4. The largest absolute Gasteiger partial charge is 0.508 e. The first kappa shape index (κ1) is 14.4. The quantitative estimate of drug-likeness (QED) is 0.621. The molecule has 0 spiro atoms. The summed E-state index contributed by atoms with van der Waals surface area (Å²) in [6, 6.07) is 8.36. The molecular formula is C14H12N2O5S. The van der Waals surface area contributed by atoms with Gasteiger partial charge in [0.2, 0.25) is 0 Å². The Labute approximate surface area is 125 Å². The van der Waals surface area contributed by atoms with Gasteiger partial charge in [0.05, 0.1) is 5.69 Å². The number of benzene rings is 2. The Balaban J connectivity index is 2.36. The maximum absolute atomic E-state index is 11.8. The Hall–Kier alpha value is -2.58. The number of phenolic OH excluding ortho intramolecular Hbond substituents is 1. The van der Waals surface area contributed by atoms with E-state index in [0.717, 1.165) is 6.07 Å². The monoisotopic (exact) mass is 320 g/mol. The highest BCUT2D eigenvalue weighted by molar-refractivity contribution is 7.86. The molecule has 7 nitrogen and oxygen atoms in total. The Morgan fingerprint density at radius 2 is 1.86 bits per heavy atom. The van der Waals surface area contributed by atoms with Gasteiger partial charge in [-0.25, -0.2) is 4.68 Å². The molecule has 0 amide bonds. The van der Waals surface area contributed by atoms with Crippen LogP contribution in [0, 0.1) is 6.92 Å². The van der Waals surface area contributed by atoms with Crippen LogP contribution < -0.4 is 5.56 Å². The van der Waals surface area contributed by atoms with Crippen molar-refractivity contribution in [2.24, 2.45) is 0 Å². The zero-order valence-corrected chi connectivity index (χ0v) is 12.3. The Bertz CT molecular complexity index is 1050. The summed E-state index contributed by atoms with van der Waals surface area (Å²) in [4.78, 5) is 11.4. The number of rotatable bonds is 2. The van der Waals surface area contributed by atoms with Crippen molar-refractivity contribution in [2.75, 3.05) is 0 Å². The third-order valence-corrected chi connectivity index (χ3v) is 4.16. The van der Waals surface area contributed by atoms with Gasteiger partial charge in [-0.3, -0.25) is 14.4 Å². The van der Waals surface area contributed by atoms with E-state index in [2.05, 4.69) is 5.10 Å². The van der Waals surface area contributed by atoms with Crippen LogP contribution in [0.15, 0.2) is 46.1 Å². The van der Waals surface area contributed by atoms with E-state index in [-0.39, 0.29) is 16.7 Å². The van der Waals surface area contributed by atoms with Gasteiger partial charge in [-0.2, -0.15) is 8.42 Å². The van der Waals surface area contributed by atoms with Crippen LogP contribution >= 0.6 is 0 Å². The van der Waals surface area contributed by atoms with Gasteiger partial charge in [0.1, 0.15) is 10.6 Å². The average Bonchev–Trinajstić information content (AvgIpc) is 2.75. The van der Waals surface area contributed by atoms with Gasteiger partial charge in [-0.15, -0.1) is 0 Å². The molecule has 0 saturated heterocycles. The highest BCUT2D eigenvalue weighted by Gasteiger charge is 2.16. The molecule has 22 heavy (non-hydrogen) atoms. The van der Waals surface area contributed by atoms with Crippen molar-refractivity contribution >= 4 is 20.9 Å². The molecule has 0 unspecified atom stereocenters. The number of phenols is 1. The smallest absolute Gasteiger partial charge is 0.295 e. The summed E-state index contributed by atoms with van der Waals surface area (Å²) < 4.78 is 33.5. The summed E-state index contributed by atoms with van der Waals surface area (Å²) in [5.74, 6) is -0.277. The number of aromatic amines is 1. The van der Waals surface area contributed by atoms with Gasteiger partial charge in [0, 0.05) is 23.2 Å². The molecular weight excluding hydrogens is 308 g/mol. The van der Waals surface area contributed by atoms with E-state index >= 15 is 0 Å². The van der Waals surface area contributed by atoms with Crippen molar-refractivity contribution in [3.8, 4) is 11.4 Å². The van der Waals surface area contributed by atoms with Crippen molar-refractivity contribution in [1.82, 2.24) is 9.78 Å². The number of nitrogens with one attached hydrogen (secondary N) is 1. The third-order valence-electron chi connectivity index (χ3n) is 3.27. The lowest BCUT2D eigenvalue weighted by Crippen LogP contribution is -2.13. The van der Waals surface area contributed by atoms with E-state index in [1.54, 1.807) is 19.1 Å². The number of hydrogen-bond acceptors (Lipinski definition) is 4.